The van der Waals surface area contributed by atoms with Gasteiger partial charge in [0, 0.05) is 18.5 Å². The van der Waals surface area contributed by atoms with Gasteiger partial charge < -0.3 is 9.32 Å². The van der Waals surface area contributed by atoms with Crippen LogP contribution in [0.25, 0.3) is 17.0 Å². The lowest BCUT2D eigenvalue weighted by Crippen LogP contribution is -2.26. The minimum atomic E-state index is -0.621. The van der Waals surface area contributed by atoms with Gasteiger partial charge in [-0.15, -0.1) is 0 Å². The van der Waals surface area contributed by atoms with E-state index < -0.39 is 5.63 Å². The first kappa shape index (κ1) is 19.4. The summed E-state index contributed by atoms with van der Waals surface area (Å²) in [4.78, 5) is 26.4. The van der Waals surface area contributed by atoms with Gasteiger partial charge in [0.2, 0.25) is 0 Å². The molecular weight excluding hydrogens is 374 g/mol. The molecular formula is C26H21NO3. The van der Waals surface area contributed by atoms with Gasteiger partial charge in [-0.3, -0.25) is 4.79 Å². The predicted octanol–water partition coefficient (Wildman–Crippen LogP) is 5.33. The van der Waals surface area contributed by atoms with E-state index in [4.69, 9.17) is 4.42 Å². The van der Waals surface area contributed by atoms with Gasteiger partial charge in [-0.1, -0.05) is 84.9 Å². The van der Waals surface area contributed by atoms with Crippen LogP contribution in [0, 0.1) is 0 Å². The second-order valence-corrected chi connectivity index (χ2v) is 6.94. The maximum absolute atomic E-state index is 12.5. The number of fused-ring (bicyclic) bond motifs is 1. The third-order valence-electron chi connectivity index (χ3n) is 4.91. The first-order valence-corrected chi connectivity index (χ1v) is 9.78. The summed E-state index contributed by atoms with van der Waals surface area (Å²) in [7, 11) is 0. The number of para-hydroxylation sites is 1. The molecule has 0 radical (unpaired) electrons. The van der Waals surface area contributed by atoms with Gasteiger partial charge in [-0.05, 0) is 23.3 Å². The van der Waals surface area contributed by atoms with Crippen molar-refractivity contribution in [2.45, 2.75) is 6.54 Å². The van der Waals surface area contributed by atoms with E-state index in [-0.39, 0.29) is 5.56 Å². The van der Waals surface area contributed by atoms with Crippen molar-refractivity contribution in [3.63, 3.8) is 0 Å². The highest BCUT2D eigenvalue weighted by molar-refractivity contribution is 5.99. The molecule has 0 bridgehead atoms. The summed E-state index contributed by atoms with van der Waals surface area (Å²) >= 11 is 0. The van der Waals surface area contributed by atoms with Crippen molar-refractivity contribution in [1.29, 1.82) is 0 Å². The fraction of sp³-hybridized carbons (Fsp3) is 0.0769. The van der Waals surface area contributed by atoms with E-state index in [9.17, 15) is 9.59 Å². The third-order valence-corrected chi connectivity index (χ3v) is 4.91. The minimum absolute atomic E-state index is 0.0396. The molecule has 4 heteroatoms. The summed E-state index contributed by atoms with van der Waals surface area (Å²) in [5.41, 5.74) is 2.65. The lowest BCUT2D eigenvalue weighted by atomic mass is 10.1. The lowest BCUT2D eigenvalue weighted by molar-refractivity contribution is 0.112. The monoisotopic (exact) mass is 395 g/mol. The smallest absolute Gasteiger partial charge is 0.349 e. The predicted molar refractivity (Wildman–Crippen MR) is 121 cm³/mol. The Labute approximate surface area is 174 Å². The number of benzene rings is 3. The molecule has 0 atom stereocenters. The lowest BCUT2D eigenvalue weighted by Gasteiger charge is -2.26. The Morgan fingerprint density at radius 1 is 0.833 bits per heavy atom. The molecule has 0 amide bonds. The molecule has 0 saturated carbocycles. The minimum Gasteiger partial charge on any atom is -0.422 e. The zero-order valence-electron chi connectivity index (χ0n) is 16.4. The van der Waals surface area contributed by atoms with Crippen LogP contribution in [0.4, 0.5) is 5.69 Å². The van der Waals surface area contributed by atoms with Gasteiger partial charge >= 0.3 is 5.63 Å². The fourth-order valence-electron chi connectivity index (χ4n) is 3.51. The highest BCUT2D eigenvalue weighted by Crippen LogP contribution is 2.29. The SMILES string of the molecule is O=Cc1c(N(CC=Cc2ccccc2)Cc2ccccc2)c2ccccc2oc1=O. The maximum Gasteiger partial charge on any atom is 0.349 e. The highest BCUT2D eigenvalue weighted by atomic mass is 16.4. The van der Waals surface area contributed by atoms with Gasteiger partial charge in [-0.2, -0.15) is 0 Å². The van der Waals surface area contributed by atoms with Crippen LogP contribution < -0.4 is 10.5 Å². The number of aldehydes is 1. The first-order chi connectivity index (χ1) is 14.8. The molecule has 30 heavy (non-hydrogen) atoms. The molecule has 0 aliphatic heterocycles. The number of carbonyl (C=O) groups excluding carboxylic acids is 1. The van der Waals surface area contributed by atoms with Crippen molar-refractivity contribution in [2.24, 2.45) is 0 Å². The Morgan fingerprint density at radius 3 is 2.23 bits per heavy atom. The van der Waals surface area contributed by atoms with Gasteiger partial charge in [0.15, 0.2) is 6.29 Å². The summed E-state index contributed by atoms with van der Waals surface area (Å²) in [6, 6.07) is 27.3. The van der Waals surface area contributed by atoms with Gasteiger partial charge in [-0.25, -0.2) is 4.79 Å². The largest absolute Gasteiger partial charge is 0.422 e. The molecule has 3 aromatic carbocycles. The molecule has 0 aliphatic carbocycles. The fourth-order valence-corrected chi connectivity index (χ4v) is 3.51. The first-order valence-electron chi connectivity index (χ1n) is 9.78. The molecule has 148 valence electrons. The Morgan fingerprint density at radius 2 is 1.50 bits per heavy atom. The Balaban J connectivity index is 1.80. The molecule has 4 nitrogen and oxygen atoms in total. The number of carbonyl (C=O) groups is 1. The zero-order chi connectivity index (χ0) is 20.8. The number of rotatable bonds is 7. The van der Waals surface area contributed by atoms with E-state index in [2.05, 4.69) is 0 Å². The summed E-state index contributed by atoms with van der Waals surface area (Å²) in [5.74, 6) is 0. The Kier molecular flexibility index (Phi) is 5.85. The van der Waals surface area contributed by atoms with Crippen molar-refractivity contribution in [3.05, 3.63) is 118 Å². The number of hydrogen-bond donors (Lipinski definition) is 0. The Bertz CT molecular complexity index is 1230. The highest BCUT2D eigenvalue weighted by Gasteiger charge is 2.19. The van der Waals surface area contributed by atoms with Crippen LogP contribution in [0.3, 0.4) is 0 Å². The van der Waals surface area contributed by atoms with E-state index in [0.29, 0.717) is 30.6 Å². The van der Waals surface area contributed by atoms with Crippen molar-refractivity contribution < 1.29 is 9.21 Å². The van der Waals surface area contributed by atoms with E-state index in [1.54, 1.807) is 6.07 Å². The van der Waals surface area contributed by atoms with Gasteiger partial charge in [0.25, 0.3) is 0 Å². The second-order valence-electron chi connectivity index (χ2n) is 6.94. The number of nitrogens with zero attached hydrogens (tertiary/aromatic N) is 1. The van der Waals surface area contributed by atoms with E-state index in [0.717, 1.165) is 16.5 Å². The molecule has 0 fully saturated rings. The van der Waals surface area contributed by atoms with Crippen molar-refractivity contribution in [3.8, 4) is 0 Å². The molecule has 0 saturated heterocycles. The molecule has 4 aromatic rings. The standard InChI is InChI=1S/C26H21NO3/c28-19-23-25(22-15-7-8-16-24(22)30-26(23)29)27(18-21-12-5-2-6-13-21)17-9-14-20-10-3-1-4-11-20/h1-16,19H,17-18H2. The summed E-state index contributed by atoms with van der Waals surface area (Å²) in [5, 5.41) is 0.739. The van der Waals surface area contributed by atoms with Crippen molar-refractivity contribution in [2.75, 3.05) is 11.4 Å². The quantitative estimate of drug-likeness (QED) is 0.314. The van der Waals surface area contributed by atoms with E-state index in [1.807, 2.05) is 95.9 Å². The van der Waals surface area contributed by atoms with Gasteiger partial charge in [0.1, 0.15) is 11.1 Å². The van der Waals surface area contributed by atoms with Crippen molar-refractivity contribution in [1.82, 2.24) is 0 Å². The summed E-state index contributed by atoms with van der Waals surface area (Å²) < 4.78 is 5.37. The Hall–Kier alpha value is -3.92. The van der Waals surface area contributed by atoms with Crippen LogP contribution >= 0.6 is 0 Å². The summed E-state index contributed by atoms with van der Waals surface area (Å²) in [6.45, 7) is 1.08. The van der Waals surface area contributed by atoms with E-state index in [1.165, 1.54) is 0 Å². The molecule has 1 heterocycles. The molecule has 0 spiro atoms. The van der Waals surface area contributed by atoms with E-state index >= 15 is 0 Å². The van der Waals surface area contributed by atoms with Crippen LogP contribution in [0.1, 0.15) is 21.5 Å². The average Bonchev–Trinajstić information content (AvgIpc) is 2.79. The zero-order valence-corrected chi connectivity index (χ0v) is 16.4. The number of hydrogen-bond acceptors (Lipinski definition) is 4. The normalized spacial score (nSPS) is 11.1. The molecule has 4 rings (SSSR count). The molecule has 0 aliphatic rings. The van der Waals surface area contributed by atoms with Crippen LogP contribution in [-0.4, -0.2) is 12.8 Å². The number of anilines is 1. The van der Waals surface area contributed by atoms with Gasteiger partial charge in [0.05, 0.1) is 5.69 Å². The maximum atomic E-state index is 12.5. The van der Waals surface area contributed by atoms with Crippen LogP contribution in [0.2, 0.25) is 0 Å². The van der Waals surface area contributed by atoms with Crippen LogP contribution in [0.15, 0.2) is 100 Å². The molecule has 0 N–H and O–H groups in total. The third kappa shape index (κ3) is 4.23. The summed E-state index contributed by atoms with van der Waals surface area (Å²) in [6.07, 6.45) is 4.66. The van der Waals surface area contributed by atoms with Crippen LogP contribution in [-0.2, 0) is 6.54 Å². The average molecular weight is 395 g/mol. The second kappa shape index (κ2) is 9.05. The van der Waals surface area contributed by atoms with Crippen LogP contribution in [0.5, 0.6) is 0 Å². The molecule has 1 aromatic heterocycles. The molecule has 0 unspecified atom stereocenters. The van der Waals surface area contributed by atoms with Crippen molar-refractivity contribution >= 4 is 29.0 Å². The topological polar surface area (TPSA) is 50.5 Å².